The summed E-state index contributed by atoms with van der Waals surface area (Å²) < 4.78 is 7.21. The molecule has 1 saturated heterocycles. The topological polar surface area (TPSA) is 87.1 Å². The van der Waals surface area contributed by atoms with Gasteiger partial charge in [0.2, 0.25) is 0 Å². The Morgan fingerprint density at radius 3 is 2.72 bits per heavy atom. The van der Waals surface area contributed by atoms with Crippen LogP contribution in [0.2, 0.25) is 0 Å². The van der Waals surface area contributed by atoms with Crippen LogP contribution >= 0.6 is 0 Å². The fraction of sp³-hybridized carbons (Fsp3) is 0.292. The van der Waals surface area contributed by atoms with Crippen molar-refractivity contribution in [3.8, 4) is 0 Å². The summed E-state index contributed by atoms with van der Waals surface area (Å²) in [4.78, 5) is 26.0. The van der Waals surface area contributed by atoms with Gasteiger partial charge in [-0.1, -0.05) is 0 Å². The molecule has 2 aromatic heterocycles. The van der Waals surface area contributed by atoms with E-state index in [1.54, 1.807) is 6.07 Å². The first-order chi connectivity index (χ1) is 15.5. The van der Waals surface area contributed by atoms with E-state index >= 15 is 0 Å². The van der Waals surface area contributed by atoms with E-state index in [0.717, 1.165) is 21.7 Å². The molecule has 4 aromatic rings. The van der Waals surface area contributed by atoms with Crippen molar-refractivity contribution >= 4 is 47.3 Å². The van der Waals surface area contributed by atoms with Gasteiger partial charge in [-0.25, -0.2) is 0 Å². The standard InChI is InChI=1S/C24H25AsN5O2/c1-15-14-26-23(25-18-7-5-17(6-8-18)16(2)30-11-3-4-12-30)29-22(15)27-19-9-10-21-20(13-19)28-24(31)32-21/h5-10,13-14,16H,3-4,11-12H2,1-2H3,(H,28,31)(H,26,27,29). The first-order valence-electron chi connectivity index (χ1n) is 10.8. The number of aryl methyl sites for hydroxylation is 1. The number of nitrogens with one attached hydrogen (secondary N) is 2. The van der Waals surface area contributed by atoms with Gasteiger partial charge in [0.15, 0.2) is 0 Å². The Morgan fingerprint density at radius 1 is 1.16 bits per heavy atom. The maximum absolute atomic E-state index is 11.4. The molecule has 0 aliphatic carbocycles. The van der Waals surface area contributed by atoms with Crippen LogP contribution < -0.4 is 20.0 Å². The molecule has 1 aliphatic heterocycles. The number of hydrogen-bond acceptors (Lipinski definition) is 6. The first-order valence-corrected chi connectivity index (χ1v) is 12.7. The second-order valence-electron chi connectivity index (χ2n) is 8.17. The van der Waals surface area contributed by atoms with Gasteiger partial charge in [0.05, 0.1) is 0 Å². The van der Waals surface area contributed by atoms with E-state index in [2.05, 4.69) is 51.4 Å². The van der Waals surface area contributed by atoms with Crippen molar-refractivity contribution in [1.29, 1.82) is 0 Å². The molecular formula is C24H25AsN5O2. The Morgan fingerprint density at radius 2 is 1.94 bits per heavy atom. The molecular weight excluding hydrogens is 465 g/mol. The summed E-state index contributed by atoms with van der Waals surface area (Å²) in [5.74, 6) is 0.317. The Hall–Kier alpha value is -2.89. The third-order valence-electron chi connectivity index (χ3n) is 5.93. The minimum absolute atomic E-state index is 0.314. The molecule has 8 heteroatoms. The van der Waals surface area contributed by atoms with Crippen molar-refractivity contribution in [2.45, 2.75) is 32.7 Å². The summed E-state index contributed by atoms with van der Waals surface area (Å²) in [5.41, 5.74) is 4.36. The molecule has 0 spiro atoms. The second-order valence-corrected chi connectivity index (χ2v) is 10.6. The van der Waals surface area contributed by atoms with Crippen LogP contribution in [0.15, 0.2) is 57.9 Å². The van der Waals surface area contributed by atoms with Gasteiger partial charge in [0, 0.05) is 0 Å². The van der Waals surface area contributed by atoms with Gasteiger partial charge in [0.25, 0.3) is 0 Å². The van der Waals surface area contributed by atoms with Crippen molar-refractivity contribution in [2.24, 2.45) is 0 Å². The summed E-state index contributed by atoms with van der Waals surface area (Å²) in [6, 6.07) is 14.9. The normalized spacial score (nSPS) is 15.7. The fourth-order valence-electron chi connectivity index (χ4n) is 4.06. The monoisotopic (exact) mass is 490 g/mol. The number of nitrogens with zero attached hydrogens (tertiary/aromatic N) is 3. The zero-order chi connectivity index (χ0) is 22.1. The molecule has 1 radical (unpaired) electrons. The molecule has 1 atom stereocenters. The summed E-state index contributed by atoms with van der Waals surface area (Å²) in [7, 11) is 0. The van der Waals surface area contributed by atoms with Crippen molar-refractivity contribution in [1.82, 2.24) is 19.9 Å². The number of oxazole rings is 1. The van der Waals surface area contributed by atoms with Crippen LogP contribution in [0.1, 0.15) is 36.9 Å². The average molecular weight is 490 g/mol. The number of rotatable bonds is 6. The van der Waals surface area contributed by atoms with Crippen LogP contribution in [0.25, 0.3) is 11.1 Å². The maximum atomic E-state index is 11.4. The zero-order valence-corrected chi connectivity index (χ0v) is 20.0. The fourth-order valence-corrected chi connectivity index (χ4v) is 5.73. The predicted octanol–water partition coefficient (Wildman–Crippen LogP) is 2.77. The van der Waals surface area contributed by atoms with Gasteiger partial charge in [-0.2, -0.15) is 0 Å². The van der Waals surface area contributed by atoms with Crippen molar-refractivity contribution in [3.05, 3.63) is 70.3 Å². The first kappa shape index (κ1) is 21.0. The Balaban J connectivity index is 1.31. The van der Waals surface area contributed by atoms with E-state index < -0.39 is 5.76 Å². The number of fused-ring (bicyclic) bond motifs is 1. The predicted molar refractivity (Wildman–Crippen MR) is 128 cm³/mol. The number of likely N-dealkylation sites (tertiary alicyclic amines) is 1. The molecule has 5 rings (SSSR count). The van der Waals surface area contributed by atoms with Crippen LogP contribution in [-0.4, -0.2) is 48.7 Å². The molecule has 32 heavy (non-hydrogen) atoms. The van der Waals surface area contributed by atoms with Gasteiger partial charge in [-0.15, -0.1) is 0 Å². The minimum atomic E-state index is -0.456. The number of aromatic amines is 1. The molecule has 0 saturated carbocycles. The van der Waals surface area contributed by atoms with E-state index in [-0.39, 0.29) is 15.8 Å². The van der Waals surface area contributed by atoms with Crippen molar-refractivity contribution in [2.75, 3.05) is 18.4 Å². The van der Waals surface area contributed by atoms with Crippen LogP contribution in [-0.2, 0) is 0 Å². The van der Waals surface area contributed by atoms with E-state index in [9.17, 15) is 4.79 Å². The molecule has 0 amide bonds. The molecule has 2 aromatic carbocycles. The Bertz CT molecular complexity index is 1290. The quantitative estimate of drug-likeness (QED) is 0.405. The van der Waals surface area contributed by atoms with Crippen LogP contribution in [0.3, 0.4) is 0 Å². The third-order valence-corrected chi connectivity index (χ3v) is 7.97. The third kappa shape index (κ3) is 4.50. The molecule has 3 heterocycles. The molecule has 1 unspecified atom stereocenters. The number of hydrogen-bond donors (Lipinski definition) is 2. The number of benzene rings is 2. The summed E-state index contributed by atoms with van der Waals surface area (Å²) in [6.07, 6.45) is 4.48. The number of H-pyrrole nitrogens is 1. The molecule has 2 N–H and O–H groups in total. The summed E-state index contributed by atoms with van der Waals surface area (Å²) in [5, 5.41) is 3.35. The molecule has 0 bridgehead atoms. The molecule has 1 fully saturated rings. The molecule has 7 nitrogen and oxygen atoms in total. The van der Waals surface area contributed by atoms with E-state index in [1.807, 2.05) is 25.3 Å². The molecule has 163 valence electrons. The van der Waals surface area contributed by atoms with E-state index in [1.165, 1.54) is 35.8 Å². The Labute approximate surface area is 193 Å². The van der Waals surface area contributed by atoms with Crippen molar-refractivity contribution in [3.63, 3.8) is 0 Å². The van der Waals surface area contributed by atoms with E-state index in [0.29, 0.717) is 17.1 Å². The van der Waals surface area contributed by atoms with Crippen molar-refractivity contribution < 1.29 is 4.42 Å². The van der Waals surface area contributed by atoms with Gasteiger partial charge in [-0.05, 0) is 0 Å². The van der Waals surface area contributed by atoms with Crippen LogP contribution in [0.5, 0.6) is 0 Å². The Kier molecular flexibility index (Phi) is 5.85. The van der Waals surface area contributed by atoms with Crippen LogP contribution in [0, 0.1) is 6.92 Å². The van der Waals surface area contributed by atoms with Crippen LogP contribution in [0.4, 0.5) is 11.5 Å². The number of aromatic nitrogens is 3. The van der Waals surface area contributed by atoms with Gasteiger partial charge in [-0.3, -0.25) is 0 Å². The van der Waals surface area contributed by atoms with E-state index in [4.69, 9.17) is 9.40 Å². The van der Waals surface area contributed by atoms with Gasteiger partial charge in [0.1, 0.15) is 0 Å². The zero-order valence-electron chi connectivity index (χ0n) is 18.1. The SMILES string of the molecule is Cc1cnc([As]c2ccc(C(C)N3CCCC3)cc2)nc1Nc1ccc2oc(=O)[nH]c2c1. The van der Waals surface area contributed by atoms with Gasteiger partial charge < -0.3 is 0 Å². The number of anilines is 2. The van der Waals surface area contributed by atoms with Gasteiger partial charge >= 0.3 is 193 Å². The summed E-state index contributed by atoms with van der Waals surface area (Å²) >= 11 is -0.314. The average Bonchev–Trinajstić information content (AvgIpc) is 3.45. The molecule has 1 aliphatic rings. The second kappa shape index (κ2) is 8.92. The summed E-state index contributed by atoms with van der Waals surface area (Å²) in [6.45, 7) is 6.68.